The molecule has 84 valence electrons. The first kappa shape index (κ1) is 11.8. The van der Waals surface area contributed by atoms with Crippen molar-refractivity contribution in [3.8, 4) is 0 Å². The highest BCUT2D eigenvalue weighted by atomic mass is 16.2. The monoisotopic (exact) mass is 209 g/mol. The number of rotatable bonds is 3. The van der Waals surface area contributed by atoms with Crippen LogP contribution < -0.4 is 5.32 Å². The molecule has 4 heteroatoms. The Balaban J connectivity index is 2.31. The third-order valence-corrected chi connectivity index (χ3v) is 2.12. The van der Waals surface area contributed by atoms with E-state index >= 15 is 0 Å². The molecule has 1 aromatic heterocycles. The summed E-state index contributed by atoms with van der Waals surface area (Å²) in [6.07, 6.45) is 0.794. The summed E-state index contributed by atoms with van der Waals surface area (Å²) >= 11 is 0. The van der Waals surface area contributed by atoms with Crippen LogP contribution in [0.3, 0.4) is 0 Å². The molecular weight excluding hydrogens is 190 g/mol. The van der Waals surface area contributed by atoms with Gasteiger partial charge in [0.05, 0.1) is 5.69 Å². The molecule has 1 rings (SSSR count). The first-order chi connectivity index (χ1) is 6.89. The molecule has 1 aromatic rings. The van der Waals surface area contributed by atoms with Crippen molar-refractivity contribution in [3.05, 3.63) is 17.5 Å². The quantitative estimate of drug-likeness (QED) is 0.791. The van der Waals surface area contributed by atoms with Crippen molar-refractivity contribution < 1.29 is 4.79 Å². The first-order valence-electron chi connectivity index (χ1n) is 5.19. The zero-order valence-corrected chi connectivity index (χ0v) is 9.85. The van der Waals surface area contributed by atoms with Crippen LogP contribution in [0.5, 0.6) is 0 Å². The van der Waals surface area contributed by atoms with Crippen LogP contribution >= 0.6 is 0 Å². The van der Waals surface area contributed by atoms with Crippen LogP contribution in [0, 0.1) is 12.3 Å². The van der Waals surface area contributed by atoms with Gasteiger partial charge < -0.3 is 5.32 Å². The predicted molar refractivity (Wildman–Crippen MR) is 59.5 cm³/mol. The van der Waals surface area contributed by atoms with Crippen molar-refractivity contribution in [1.82, 2.24) is 15.5 Å². The summed E-state index contributed by atoms with van der Waals surface area (Å²) in [4.78, 5) is 11.5. The first-order valence-corrected chi connectivity index (χ1v) is 5.19. The Morgan fingerprint density at radius 2 is 2.20 bits per heavy atom. The van der Waals surface area contributed by atoms with Gasteiger partial charge in [-0.25, -0.2) is 0 Å². The molecule has 0 spiro atoms. The Morgan fingerprint density at radius 1 is 1.53 bits per heavy atom. The van der Waals surface area contributed by atoms with E-state index in [0.717, 1.165) is 17.8 Å². The van der Waals surface area contributed by atoms with Gasteiger partial charge in [-0.15, -0.1) is 0 Å². The predicted octanol–water partition coefficient (Wildman–Crippen LogP) is 1.42. The van der Waals surface area contributed by atoms with Gasteiger partial charge in [0.25, 0.3) is 0 Å². The molecule has 0 aliphatic rings. The Morgan fingerprint density at radius 3 is 2.67 bits per heavy atom. The van der Waals surface area contributed by atoms with Crippen LogP contribution in [0.4, 0.5) is 0 Å². The highest BCUT2D eigenvalue weighted by Crippen LogP contribution is 2.12. The largest absolute Gasteiger partial charge is 0.355 e. The summed E-state index contributed by atoms with van der Waals surface area (Å²) in [6.45, 7) is 8.31. The lowest BCUT2D eigenvalue weighted by atomic mass is 9.96. The summed E-state index contributed by atoms with van der Waals surface area (Å²) in [5.74, 6) is 0.0822. The Labute approximate surface area is 90.5 Å². The highest BCUT2D eigenvalue weighted by Gasteiger charge is 2.20. The molecule has 0 saturated heterocycles. The molecule has 0 aromatic carbocycles. The number of amides is 1. The standard InChI is InChI=1S/C11H19N3O/c1-8-7-9(14-13-8)5-6-12-10(15)11(2,3)4/h7H,5-6H2,1-4H3,(H,12,15)(H,13,14). The second-order valence-electron chi connectivity index (χ2n) is 4.79. The number of hydrogen-bond donors (Lipinski definition) is 2. The van der Waals surface area contributed by atoms with Crippen molar-refractivity contribution in [2.24, 2.45) is 5.41 Å². The van der Waals surface area contributed by atoms with Crippen LogP contribution in [-0.2, 0) is 11.2 Å². The molecule has 15 heavy (non-hydrogen) atoms. The van der Waals surface area contributed by atoms with E-state index in [4.69, 9.17) is 0 Å². The zero-order valence-electron chi connectivity index (χ0n) is 9.85. The average molecular weight is 209 g/mol. The molecule has 0 fully saturated rings. The normalized spacial score (nSPS) is 11.5. The molecule has 2 N–H and O–H groups in total. The van der Waals surface area contributed by atoms with Crippen molar-refractivity contribution in [2.45, 2.75) is 34.1 Å². The van der Waals surface area contributed by atoms with Gasteiger partial charge in [-0.3, -0.25) is 9.89 Å². The van der Waals surface area contributed by atoms with E-state index in [0.29, 0.717) is 6.54 Å². The minimum atomic E-state index is -0.316. The zero-order chi connectivity index (χ0) is 11.5. The number of nitrogens with one attached hydrogen (secondary N) is 2. The average Bonchev–Trinajstić information content (AvgIpc) is 2.49. The third-order valence-electron chi connectivity index (χ3n) is 2.12. The lowest BCUT2D eigenvalue weighted by molar-refractivity contribution is -0.128. The number of H-pyrrole nitrogens is 1. The fourth-order valence-corrected chi connectivity index (χ4v) is 1.18. The van der Waals surface area contributed by atoms with E-state index in [-0.39, 0.29) is 11.3 Å². The molecule has 0 aliphatic heterocycles. The van der Waals surface area contributed by atoms with E-state index in [2.05, 4.69) is 15.5 Å². The van der Waals surface area contributed by atoms with Gasteiger partial charge in [-0.1, -0.05) is 20.8 Å². The van der Waals surface area contributed by atoms with Gasteiger partial charge in [0.1, 0.15) is 0 Å². The number of carbonyl (C=O) groups is 1. The number of hydrogen-bond acceptors (Lipinski definition) is 2. The van der Waals surface area contributed by atoms with Crippen molar-refractivity contribution in [1.29, 1.82) is 0 Å². The van der Waals surface area contributed by atoms with E-state index in [1.165, 1.54) is 0 Å². The van der Waals surface area contributed by atoms with Crippen molar-refractivity contribution in [3.63, 3.8) is 0 Å². The number of aromatic amines is 1. The summed E-state index contributed by atoms with van der Waals surface area (Å²) in [5.41, 5.74) is 1.72. The summed E-state index contributed by atoms with van der Waals surface area (Å²) in [5, 5.41) is 9.84. The van der Waals surface area contributed by atoms with E-state index < -0.39 is 0 Å². The van der Waals surface area contributed by atoms with Gasteiger partial charge >= 0.3 is 0 Å². The topological polar surface area (TPSA) is 57.8 Å². The van der Waals surface area contributed by atoms with Gasteiger partial charge in [0.2, 0.25) is 5.91 Å². The Kier molecular flexibility index (Phi) is 3.50. The minimum absolute atomic E-state index is 0.0822. The number of aryl methyl sites for hydroxylation is 1. The maximum atomic E-state index is 11.5. The van der Waals surface area contributed by atoms with Gasteiger partial charge in [0.15, 0.2) is 0 Å². The number of nitrogens with zero attached hydrogens (tertiary/aromatic N) is 1. The highest BCUT2D eigenvalue weighted by molar-refractivity contribution is 5.81. The second-order valence-corrected chi connectivity index (χ2v) is 4.79. The molecular formula is C11H19N3O. The van der Waals surface area contributed by atoms with Gasteiger partial charge in [-0.2, -0.15) is 5.10 Å². The fourth-order valence-electron chi connectivity index (χ4n) is 1.18. The SMILES string of the molecule is Cc1cc(CCNC(=O)C(C)(C)C)[nH]n1. The molecule has 1 heterocycles. The van der Waals surface area contributed by atoms with Crippen LogP contribution in [0.1, 0.15) is 32.2 Å². The maximum Gasteiger partial charge on any atom is 0.225 e. The minimum Gasteiger partial charge on any atom is -0.355 e. The molecule has 0 atom stereocenters. The Bertz CT molecular complexity index is 336. The number of carbonyl (C=O) groups excluding carboxylic acids is 1. The van der Waals surface area contributed by atoms with Crippen LogP contribution in [0.2, 0.25) is 0 Å². The number of aromatic nitrogens is 2. The van der Waals surface area contributed by atoms with Crippen LogP contribution in [0.15, 0.2) is 6.07 Å². The fraction of sp³-hybridized carbons (Fsp3) is 0.636. The van der Waals surface area contributed by atoms with Crippen molar-refractivity contribution in [2.75, 3.05) is 6.54 Å². The third kappa shape index (κ3) is 3.73. The molecule has 0 radical (unpaired) electrons. The van der Waals surface area contributed by atoms with E-state index in [9.17, 15) is 4.79 Å². The lowest BCUT2D eigenvalue weighted by Crippen LogP contribution is -2.35. The smallest absolute Gasteiger partial charge is 0.225 e. The summed E-state index contributed by atoms with van der Waals surface area (Å²) in [6, 6.07) is 1.99. The molecule has 0 aliphatic carbocycles. The van der Waals surface area contributed by atoms with Gasteiger partial charge in [-0.05, 0) is 13.0 Å². The van der Waals surface area contributed by atoms with E-state index in [1.54, 1.807) is 0 Å². The van der Waals surface area contributed by atoms with Crippen LogP contribution in [0.25, 0.3) is 0 Å². The van der Waals surface area contributed by atoms with E-state index in [1.807, 2.05) is 33.8 Å². The maximum absolute atomic E-state index is 11.5. The van der Waals surface area contributed by atoms with Crippen molar-refractivity contribution >= 4 is 5.91 Å². The summed E-state index contributed by atoms with van der Waals surface area (Å²) < 4.78 is 0. The van der Waals surface area contributed by atoms with Crippen LogP contribution in [-0.4, -0.2) is 22.6 Å². The molecule has 0 bridgehead atoms. The van der Waals surface area contributed by atoms with Gasteiger partial charge in [0, 0.05) is 24.1 Å². The summed E-state index contributed by atoms with van der Waals surface area (Å²) in [7, 11) is 0. The molecule has 4 nitrogen and oxygen atoms in total. The molecule has 0 unspecified atom stereocenters. The molecule has 0 saturated carbocycles. The molecule has 1 amide bonds. The lowest BCUT2D eigenvalue weighted by Gasteiger charge is -2.17. The Hall–Kier alpha value is -1.32. The second kappa shape index (κ2) is 4.47.